The number of aliphatic hydroxyl groups excluding tert-OH is 1. The summed E-state index contributed by atoms with van der Waals surface area (Å²) in [4.78, 5) is 34.8. The molecule has 0 radical (unpaired) electrons. The van der Waals surface area contributed by atoms with Gasteiger partial charge >= 0.3 is 6.18 Å². The van der Waals surface area contributed by atoms with Crippen molar-refractivity contribution in [2.45, 2.75) is 51.9 Å². The maximum Gasteiger partial charge on any atom is 0.389 e. The third kappa shape index (κ3) is 5.04. The first-order chi connectivity index (χ1) is 15.0. The Bertz CT molecular complexity index is 1070. The van der Waals surface area contributed by atoms with Gasteiger partial charge in [0.15, 0.2) is 5.78 Å². The zero-order valence-corrected chi connectivity index (χ0v) is 17.9. The minimum absolute atomic E-state index is 0.132. The maximum absolute atomic E-state index is 13.0. The van der Waals surface area contributed by atoms with Crippen LogP contribution in [0.2, 0.25) is 0 Å². The number of carbonyl (C=O) groups excluding carboxylic acids is 2. The van der Waals surface area contributed by atoms with Gasteiger partial charge in [0.1, 0.15) is 6.61 Å². The molecule has 0 spiro atoms. The van der Waals surface area contributed by atoms with E-state index in [4.69, 9.17) is 5.11 Å². The number of halogens is 3. The van der Waals surface area contributed by atoms with Gasteiger partial charge < -0.3 is 10.0 Å². The van der Waals surface area contributed by atoms with E-state index in [2.05, 4.69) is 16.5 Å². The molecule has 32 heavy (non-hydrogen) atoms. The number of amides is 1. The summed E-state index contributed by atoms with van der Waals surface area (Å²) in [6.45, 7) is 6.86. The number of hydrogen-bond acceptors (Lipinski definition) is 5. The molecule has 1 N–H and O–H groups in total. The first-order valence-electron chi connectivity index (χ1n) is 10.1. The quantitative estimate of drug-likeness (QED) is 0.625. The smallest absolute Gasteiger partial charge is 0.388 e. The number of ketones is 1. The van der Waals surface area contributed by atoms with Crippen LogP contribution in [0.3, 0.4) is 0 Å². The van der Waals surface area contributed by atoms with Gasteiger partial charge in [-0.15, -0.1) is 0 Å². The lowest BCUT2D eigenvalue weighted by Gasteiger charge is -2.25. The number of aryl methyl sites for hydroxylation is 2. The van der Waals surface area contributed by atoms with Crippen molar-refractivity contribution < 1.29 is 27.9 Å². The van der Waals surface area contributed by atoms with Crippen LogP contribution in [-0.4, -0.2) is 44.4 Å². The summed E-state index contributed by atoms with van der Waals surface area (Å²) in [5.74, 6) is -0.680. The van der Waals surface area contributed by atoms with E-state index in [1.54, 1.807) is 24.0 Å². The van der Waals surface area contributed by atoms with E-state index in [0.717, 1.165) is 0 Å². The van der Waals surface area contributed by atoms with Crippen LogP contribution >= 0.6 is 0 Å². The summed E-state index contributed by atoms with van der Waals surface area (Å²) >= 11 is 0. The van der Waals surface area contributed by atoms with Gasteiger partial charge in [-0.05, 0) is 43.0 Å². The van der Waals surface area contributed by atoms with Gasteiger partial charge in [0.25, 0.3) is 5.91 Å². The zero-order chi connectivity index (χ0) is 23.6. The van der Waals surface area contributed by atoms with Crippen molar-refractivity contribution in [2.75, 3.05) is 6.61 Å². The van der Waals surface area contributed by atoms with Crippen LogP contribution < -0.4 is 0 Å². The van der Waals surface area contributed by atoms with Gasteiger partial charge in [0, 0.05) is 48.6 Å². The second kappa shape index (κ2) is 9.20. The fourth-order valence-electron chi connectivity index (χ4n) is 3.74. The Morgan fingerprint density at radius 1 is 1.31 bits per heavy atom. The molecule has 1 aliphatic rings. The normalized spacial score (nSPS) is 14.4. The van der Waals surface area contributed by atoms with Crippen molar-refractivity contribution >= 4 is 11.7 Å². The van der Waals surface area contributed by atoms with E-state index >= 15 is 0 Å². The summed E-state index contributed by atoms with van der Waals surface area (Å²) in [6, 6.07) is 3.02. The molecule has 2 aromatic heterocycles. The van der Waals surface area contributed by atoms with Gasteiger partial charge in [-0.1, -0.05) is 12.6 Å². The van der Waals surface area contributed by atoms with Crippen molar-refractivity contribution in [3.63, 3.8) is 0 Å². The van der Waals surface area contributed by atoms with E-state index in [9.17, 15) is 22.8 Å². The van der Waals surface area contributed by atoms with Crippen LogP contribution in [0.1, 0.15) is 57.8 Å². The molecule has 0 aromatic carbocycles. The Balaban J connectivity index is 1.79. The molecule has 0 saturated carbocycles. The molecule has 0 fully saturated rings. The predicted octanol–water partition coefficient (Wildman–Crippen LogP) is 3.66. The number of alkyl halides is 3. The second-order valence-electron chi connectivity index (χ2n) is 7.90. The summed E-state index contributed by atoms with van der Waals surface area (Å²) in [5.41, 5.74) is 3.68. The Morgan fingerprint density at radius 2 is 2.03 bits per heavy atom. The third-order valence-electron chi connectivity index (χ3n) is 5.69. The fourth-order valence-corrected chi connectivity index (χ4v) is 3.74. The van der Waals surface area contributed by atoms with E-state index in [-0.39, 0.29) is 36.9 Å². The van der Waals surface area contributed by atoms with Crippen LogP contribution in [-0.2, 0) is 24.2 Å². The average molecular weight is 447 g/mol. The topological polar surface area (TPSA) is 83.4 Å². The maximum atomic E-state index is 13.0. The molecular weight excluding hydrogens is 423 g/mol. The first-order valence-corrected chi connectivity index (χ1v) is 10.1. The molecule has 2 aromatic rings. The van der Waals surface area contributed by atoms with Crippen molar-refractivity contribution in [1.29, 1.82) is 0 Å². The van der Waals surface area contributed by atoms with Crippen LogP contribution in [0.25, 0.3) is 0 Å². The number of pyridine rings is 2. The van der Waals surface area contributed by atoms with E-state index < -0.39 is 25.0 Å². The highest BCUT2D eigenvalue weighted by Gasteiger charge is 2.34. The van der Waals surface area contributed by atoms with Crippen molar-refractivity contribution in [3.05, 3.63) is 70.3 Å². The molecule has 3 rings (SSSR count). The highest BCUT2D eigenvalue weighted by atomic mass is 19.4. The second-order valence-corrected chi connectivity index (χ2v) is 7.90. The van der Waals surface area contributed by atoms with Crippen LogP contribution in [0.15, 0.2) is 36.7 Å². The van der Waals surface area contributed by atoms with Crippen LogP contribution in [0, 0.1) is 6.92 Å². The molecule has 0 aliphatic carbocycles. The van der Waals surface area contributed by atoms with Crippen molar-refractivity contribution in [1.82, 2.24) is 14.9 Å². The van der Waals surface area contributed by atoms with E-state index in [0.29, 0.717) is 33.6 Å². The Morgan fingerprint density at radius 3 is 2.66 bits per heavy atom. The summed E-state index contributed by atoms with van der Waals surface area (Å²) in [7, 11) is 0. The standard InChI is InChI=1S/C23H24F3N3O3/c1-13-8-16(10-28-19(13)4-6-23(24,25)26)15(3)29-11-18-17(22(29)32)5-7-27-20(18)9-14(2)21(31)12-30/h5,7-8,10,15,30H,2,4,6,9,11-12H2,1,3H3. The summed E-state index contributed by atoms with van der Waals surface area (Å²) in [6.07, 6.45) is -2.23. The summed E-state index contributed by atoms with van der Waals surface area (Å²) in [5, 5.41) is 9.02. The first kappa shape index (κ1) is 23.6. The lowest BCUT2D eigenvalue weighted by atomic mass is 10.0. The SMILES string of the molecule is C=C(Cc1nccc2c1CN(C(C)c1cnc(CCC(F)(F)F)c(C)c1)C2=O)C(=O)CO. The minimum Gasteiger partial charge on any atom is -0.388 e. The number of aromatic nitrogens is 2. The predicted molar refractivity (Wildman–Crippen MR) is 111 cm³/mol. The summed E-state index contributed by atoms with van der Waals surface area (Å²) < 4.78 is 37.6. The number of aliphatic hydroxyl groups is 1. The Kier molecular flexibility index (Phi) is 6.78. The van der Waals surface area contributed by atoms with Crippen LogP contribution in [0.4, 0.5) is 13.2 Å². The molecular formula is C23H24F3N3O3. The number of Topliss-reactive ketones (excluding diaryl/α,β-unsaturated/α-hetero) is 1. The Hall–Kier alpha value is -3.07. The lowest BCUT2D eigenvalue weighted by Crippen LogP contribution is -2.27. The molecule has 1 unspecified atom stereocenters. The van der Waals surface area contributed by atoms with E-state index in [1.807, 2.05) is 6.92 Å². The van der Waals surface area contributed by atoms with Crippen LogP contribution in [0.5, 0.6) is 0 Å². The molecule has 1 aliphatic heterocycles. The third-order valence-corrected chi connectivity index (χ3v) is 5.69. The Labute approximate surface area is 183 Å². The number of fused-ring (bicyclic) bond motifs is 1. The number of rotatable bonds is 8. The molecule has 0 saturated heterocycles. The van der Waals surface area contributed by atoms with Gasteiger partial charge in [0.2, 0.25) is 0 Å². The molecule has 1 amide bonds. The highest BCUT2D eigenvalue weighted by molar-refractivity contribution is 5.99. The van der Waals surface area contributed by atoms with Gasteiger partial charge in [0.05, 0.1) is 11.7 Å². The molecule has 3 heterocycles. The number of carbonyl (C=O) groups is 2. The number of nitrogens with zero attached hydrogens (tertiary/aromatic N) is 3. The highest BCUT2D eigenvalue weighted by Crippen LogP contribution is 2.33. The zero-order valence-electron chi connectivity index (χ0n) is 17.9. The molecule has 0 bridgehead atoms. The van der Waals surface area contributed by atoms with Gasteiger partial charge in [-0.25, -0.2) is 0 Å². The lowest BCUT2D eigenvalue weighted by molar-refractivity contribution is -0.134. The van der Waals surface area contributed by atoms with Gasteiger partial charge in [-0.2, -0.15) is 13.2 Å². The van der Waals surface area contributed by atoms with Crippen molar-refractivity contribution in [3.8, 4) is 0 Å². The molecule has 6 nitrogen and oxygen atoms in total. The van der Waals surface area contributed by atoms with Gasteiger partial charge in [-0.3, -0.25) is 19.6 Å². The number of hydrogen-bond donors (Lipinski definition) is 1. The largest absolute Gasteiger partial charge is 0.389 e. The molecule has 9 heteroatoms. The molecule has 170 valence electrons. The fraction of sp³-hybridized carbons (Fsp3) is 0.391. The minimum atomic E-state index is -4.24. The monoisotopic (exact) mass is 447 g/mol. The van der Waals surface area contributed by atoms with E-state index in [1.165, 1.54) is 12.4 Å². The molecule has 1 atom stereocenters. The average Bonchev–Trinajstić information content (AvgIpc) is 3.08. The van der Waals surface area contributed by atoms with Crippen molar-refractivity contribution in [2.24, 2.45) is 0 Å².